The molecular formula is C15H26N2O4. The van der Waals surface area contributed by atoms with Gasteiger partial charge in [-0.05, 0) is 33.1 Å². The van der Waals surface area contributed by atoms with Crippen LogP contribution in [0.2, 0.25) is 0 Å². The second-order valence-electron chi connectivity index (χ2n) is 7.11. The fraction of sp³-hybridized carbons (Fsp3) is 0.800. The number of hydrogen-bond donors (Lipinski definition) is 2. The van der Waals surface area contributed by atoms with E-state index in [1.807, 2.05) is 34.6 Å². The molecule has 1 saturated heterocycles. The van der Waals surface area contributed by atoms with Crippen LogP contribution in [-0.4, -0.2) is 45.9 Å². The summed E-state index contributed by atoms with van der Waals surface area (Å²) in [5.74, 6) is -1.73. The molecule has 0 spiro atoms. The highest BCUT2D eigenvalue weighted by Crippen LogP contribution is 2.26. The number of nitrogens with zero attached hydrogens (tertiary/aromatic N) is 1. The molecule has 2 N–H and O–H groups in total. The van der Waals surface area contributed by atoms with Crippen LogP contribution in [0, 0.1) is 11.8 Å². The molecule has 1 aliphatic heterocycles. The summed E-state index contributed by atoms with van der Waals surface area (Å²) in [6.45, 7) is 9.92. The zero-order chi connectivity index (χ0) is 16.4. The summed E-state index contributed by atoms with van der Waals surface area (Å²) in [6.07, 6.45) is 0.530. The lowest BCUT2D eigenvalue weighted by atomic mass is 10.0. The van der Waals surface area contributed by atoms with Crippen LogP contribution in [0.3, 0.4) is 0 Å². The standard InChI is InChI=1S/C15H26N2O4/c1-9(2)6-11(14(20)21)16-13(19)10-7-12(18)17(8-10)15(3,4)5/h9-11H,6-8H2,1-5H3,(H,16,19)(H,20,21). The van der Waals surface area contributed by atoms with Crippen molar-refractivity contribution in [3.05, 3.63) is 0 Å². The van der Waals surface area contributed by atoms with Gasteiger partial charge in [-0.1, -0.05) is 13.8 Å². The molecule has 1 fully saturated rings. The zero-order valence-corrected chi connectivity index (χ0v) is 13.5. The topological polar surface area (TPSA) is 86.7 Å². The summed E-state index contributed by atoms with van der Waals surface area (Å²) >= 11 is 0. The van der Waals surface area contributed by atoms with Crippen molar-refractivity contribution in [1.82, 2.24) is 10.2 Å². The van der Waals surface area contributed by atoms with Crippen LogP contribution < -0.4 is 5.32 Å². The Morgan fingerprint density at radius 2 is 1.95 bits per heavy atom. The number of carbonyl (C=O) groups excluding carboxylic acids is 2. The fourth-order valence-corrected chi connectivity index (χ4v) is 2.51. The molecule has 21 heavy (non-hydrogen) atoms. The molecule has 0 aliphatic carbocycles. The van der Waals surface area contributed by atoms with Gasteiger partial charge in [-0.15, -0.1) is 0 Å². The Labute approximate surface area is 125 Å². The van der Waals surface area contributed by atoms with Crippen LogP contribution in [0.5, 0.6) is 0 Å². The average molecular weight is 298 g/mol. The lowest BCUT2D eigenvalue weighted by molar-refractivity contribution is -0.142. The van der Waals surface area contributed by atoms with Gasteiger partial charge in [0.25, 0.3) is 0 Å². The van der Waals surface area contributed by atoms with Crippen LogP contribution >= 0.6 is 0 Å². The van der Waals surface area contributed by atoms with Gasteiger partial charge in [0.05, 0.1) is 5.92 Å². The number of aliphatic carboxylic acids is 1. The molecule has 2 atom stereocenters. The van der Waals surface area contributed by atoms with Crippen LogP contribution in [0.15, 0.2) is 0 Å². The largest absolute Gasteiger partial charge is 0.480 e. The maximum Gasteiger partial charge on any atom is 0.326 e. The predicted molar refractivity (Wildman–Crippen MR) is 78.6 cm³/mol. The van der Waals surface area contributed by atoms with Gasteiger partial charge >= 0.3 is 5.97 Å². The SMILES string of the molecule is CC(C)CC(NC(=O)C1CC(=O)N(C(C)(C)C)C1)C(=O)O. The Hall–Kier alpha value is -1.59. The zero-order valence-electron chi connectivity index (χ0n) is 13.5. The van der Waals surface area contributed by atoms with E-state index < -0.39 is 17.9 Å². The Kier molecular flexibility index (Phi) is 5.36. The lowest BCUT2D eigenvalue weighted by Gasteiger charge is -2.32. The first kappa shape index (κ1) is 17.5. The molecule has 0 aromatic carbocycles. The number of rotatable bonds is 5. The molecule has 2 amide bonds. The van der Waals surface area contributed by atoms with E-state index >= 15 is 0 Å². The van der Waals surface area contributed by atoms with E-state index in [-0.39, 0.29) is 29.7 Å². The van der Waals surface area contributed by atoms with Crippen molar-refractivity contribution in [1.29, 1.82) is 0 Å². The van der Waals surface area contributed by atoms with Crippen LogP contribution in [0.4, 0.5) is 0 Å². The molecule has 6 nitrogen and oxygen atoms in total. The smallest absolute Gasteiger partial charge is 0.326 e. The first-order chi connectivity index (χ1) is 9.52. The molecule has 0 aromatic heterocycles. The van der Waals surface area contributed by atoms with Gasteiger partial charge in [0, 0.05) is 18.5 Å². The van der Waals surface area contributed by atoms with Gasteiger partial charge in [-0.3, -0.25) is 9.59 Å². The van der Waals surface area contributed by atoms with Gasteiger partial charge in [-0.2, -0.15) is 0 Å². The molecule has 0 aromatic rings. The molecule has 1 rings (SSSR count). The van der Waals surface area contributed by atoms with E-state index in [4.69, 9.17) is 5.11 Å². The van der Waals surface area contributed by atoms with Crippen molar-refractivity contribution < 1.29 is 19.5 Å². The molecule has 0 radical (unpaired) electrons. The number of amides is 2. The summed E-state index contributed by atoms with van der Waals surface area (Å²) in [6, 6.07) is -0.892. The Morgan fingerprint density at radius 1 is 1.38 bits per heavy atom. The number of carbonyl (C=O) groups is 3. The maximum absolute atomic E-state index is 12.2. The number of hydrogen-bond acceptors (Lipinski definition) is 3. The molecule has 0 bridgehead atoms. The average Bonchev–Trinajstić information content (AvgIpc) is 2.69. The van der Waals surface area contributed by atoms with Crippen molar-refractivity contribution in [2.45, 2.75) is 59.0 Å². The molecular weight excluding hydrogens is 272 g/mol. The molecule has 1 heterocycles. The van der Waals surface area contributed by atoms with Gasteiger partial charge in [0.15, 0.2) is 0 Å². The lowest BCUT2D eigenvalue weighted by Crippen LogP contribution is -2.46. The molecule has 6 heteroatoms. The van der Waals surface area contributed by atoms with Crippen molar-refractivity contribution in [2.75, 3.05) is 6.54 Å². The minimum absolute atomic E-state index is 0.0571. The summed E-state index contributed by atoms with van der Waals surface area (Å²) in [4.78, 5) is 37.0. The molecule has 2 unspecified atom stereocenters. The third kappa shape index (κ3) is 4.72. The van der Waals surface area contributed by atoms with Crippen molar-refractivity contribution in [3.63, 3.8) is 0 Å². The monoisotopic (exact) mass is 298 g/mol. The van der Waals surface area contributed by atoms with E-state index in [2.05, 4.69) is 5.32 Å². The van der Waals surface area contributed by atoms with E-state index in [0.717, 1.165) is 0 Å². The van der Waals surface area contributed by atoms with Gasteiger partial charge in [0.2, 0.25) is 11.8 Å². The first-order valence-corrected chi connectivity index (χ1v) is 7.36. The highest BCUT2D eigenvalue weighted by atomic mass is 16.4. The summed E-state index contributed by atoms with van der Waals surface area (Å²) < 4.78 is 0. The van der Waals surface area contributed by atoms with Gasteiger partial charge in [0.1, 0.15) is 6.04 Å². The third-order valence-corrected chi connectivity index (χ3v) is 3.63. The fourth-order valence-electron chi connectivity index (χ4n) is 2.51. The third-order valence-electron chi connectivity index (χ3n) is 3.63. The Morgan fingerprint density at radius 3 is 2.33 bits per heavy atom. The Balaban J connectivity index is 2.68. The second-order valence-corrected chi connectivity index (χ2v) is 7.11. The van der Waals surface area contributed by atoms with E-state index in [0.29, 0.717) is 13.0 Å². The number of carboxylic acids is 1. The minimum Gasteiger partial charge on any atom is -0.480 e. The van der Waals surface area contributed by atoms with Crippen LogP contribution in [0.1, 0.15) is 47.5 Å². The Bertz CT molecular complexity index is 426. The normalized spacial score (nSPS) is 20.8. The van der Waals surface area contributed by atoms with Gasteiger partial charge in [-0.25, -0.2) is 4.79 Å². The van der Waals surface area contributed by atoms with Crippen molar-refractivity contribution in [3.8, 4) is 0 Å². The van der Waals surface area contributed by atoms with Crippen molar-refractivity contribution in [2.24, 2.45) is 11.8 Å². The predicted octanol–water partition coefficient (Wildman–Crippen LogP) is 1.25. The molecule has 120 valence electrons. The summed E-state index contributed by atoms with van der Waals surface area (Å²) in [5, 5.41) is 11.7. The maximum atomic E-state index is 12.2. The summed E-state index contributed by atoms with van der Waals surface area (Å²) in [5.41, 5.74) is -0.323. The van der Waals surface area contributed by atoms with Crippen LogP contribution in [0.25, 0.3) is 0 Å². The second kappa shape index (κ2) is 6.45. The van der Waals surface area contributed by atoms with E-state index in [1.165, 1.54) is 0 Å². The van der Waals surface area contributed by atoms with E-state index in [1.54, 1.807) is 4.90 Å². The quantitative estimate of drug-likeness (QED) is 0.799. The van der Waals surface area contributed by atoms with Crippen molar-refractivity contribution >= 4 is 17.8 Å². The van der Waals surface area contributed by atoms with Gasteiger partial charge < -0.3 is 15.3 Å². The number of likely N-dealkylation sites (tertiary alicyclic amines) is 1. The minimum atomic E-state index is -1.03. The summed E-state index contributed by atoms with van der Waals surface area (Å²) in [7, 11) is 0. The highest BCUT2D eigenvalue weighted by Gasteiger charge is 2.40. The van der Waals surface area contributed by atoms with Crippen LogP contribution in [-0.2, 0) is 14.4 Å². The molecule has 1 aliphatic rings. The molecule has 0 saturated carbocycles. The first-order valence-electron chi connectivity index (χ1n) is 7.36. The highest BCUT2D eigenvalue weighted by molar-refractivity contribution is 5.91. The number of carboxylic acid groups (broad SMARTS) is 1. The number of nitrogens with one attached hydrogen (secondary N) is 1. The van der Waals surface area contributed by atoms with E-state index in [9.17, 15) is 14.4 Å².